The molecular formula is C11H10BrNO3. The summed E-state index contributed by atoms with van der Waals surface area (Å²) in [4.78, 5) is 21.3. The van der Waals surface area contributed by atoms with Gasteiger partial charge in [-0.15, -0.1) is 0 Å². The molecule has 1 aromatic rings. The van der Waals surface area contributed by atoms with Gasteiger partial charge in [0.1, 0.15) is 6.54 Å². The van der Waals surface area contributed by atoms with Gasteiger partial charge in [0.2, 0.25) is 5.91 Å². The molecule has 1 rings (SSSR count). The molecule has 16 heavy (non-hydrogen) atoms. The monoisotopic (exact) mass is 283 g/mol. The number of carbonyl (C=O) groups is 2. The molecule has 4 nitrogen and oxygen atoms in total. The molecular weight excluding hydrogens is 274 g/mol. The van der Waals surface area contributed by atoms with Crippen molar-refractivity contribution >= 4 is 33.9 Å². The van der Waals surface area contributed by atoms with Gasteiger partial charge in [0.05, 0.1) is 0 Å². The smallest absolute Gasteiger partial charge is 0.322 e. The highest BCUT2D eigenvalue weighted by molar-refractivity contribution is 9.10. The molecule has 0 aliphatic heterocycles. The number of carbonyl (C=O) groups excluding carboxylic acids is 1. The fourth-order valence-electron chi connectivity index (χ4n) is 1.00. The third-order valence-electron chi connectivity index (χ3n) is 1.69. The highest BCUT2D eigenvalue weighted by Crippen LogP contribution is 2.12. The Hall–Kier alpha value is -1.62. The lowest BCUT2D eigenvalue weighted by Crippen LogP contribution is -2.27. The van der Waals surface area contributed by atoms with Gasteiger partial charge in [-0.05, 0) is 23.8 Å². The van der Waals surface area contributed by atoms with Gasteiger partial charge < -0.3 is 10.4 Å². The minimum absolute atomic E-state index is 0.373. The minimum atomic E-state index is -1.07. The fraction of sp³-hybridized carbons (Fsp3) is 0.0909. The Morgan fingerprint density at radius 3 is 2.81 bits per heavy atom. The molecule has 0 fully saturated rings. The molecule has 0 atom stereocenters. The average molecular weight is 284 g/mol. The summed E-state index contributed by atoms with van der Waals surface area (Å²) in [6.07, 6.45) is 2.91. The molecule has 0 aliphatic carbocycles. The van der Waals surface area contributed by atoms with E-state index in [0.29, 0.717) is 0 Å². The number of rotatable bonds is 4. The van der Waals surface area contributed by atoms with Gasteiger partial charge in [-0.25, -0.2) is 0 Å². The molecule has 1 amide bonds. The summed E-state index contributed by atoms with van der Waals surface area (Å²) in [5.74, 6) is -1.49. The molecule has 1 aromatic carbocycles. The number of halogens is 1. The summed E-state index contributed by atoms with van der Waals surface area (Å²) in [6, 6.07) is 7.41. The zero-order valence-electron chi connectivity index (χ0n) is 8.31. The van der Waals surface area contributed by atoms with Crippen LogP contribution >= 0.6 is 15.9 Å². The standard InChI is InChI=1S/C11H10BrNO3/c12-9-3-1-2-8(6-9)4-5-10(14)13-7-11(15)16/h1-6H,7H2,(H,13,14)(H,15,16)/b5-4+. The number of carboxylic acids is 1. The largest absolute Gasteiger partial charge is 0.480 e. The van der Waals surface area contributed by atoms with Crippen molar-refractivity contribution in [1.29, 1.82) is 0 Å². The lowest BCUT2D eigenvalue weighted by molar-refractivity contribution is -0.137. The second-order valence-corrected chi connectivity index (χ2v) is 3.92. The van der Waals surface area contributed by atoms with Gasteiger partial charge in [0, 0.05) is 10.5 Å². The van der Waals surface area contributed by atoms with Gasteiger partial charge in [0.25, 0.3) is 0 Å². The Balaban J connectivity index is 2.53. The number of nitrogens with one attached hydrogen (secondary N) is 1. The van der Waals surface area contributed by atoms with Crippen LogP contribution in [0.15, 0.2) is 34.8 Å². The van der Waals surface area contributed by atoms with E-state index in [-0.39, 0.29) is 6.54 Å². The van der Waals surface area contributed by atoms with Crippen molar-refractivity contribution in [1.82, 2.24) is 5.32 Å². The summed E-state index contributed by atoms with van der Waals surface area (Å²) < 4.78 is 0.917. The molecule has 0 radical (unpaired) electrons. The van der Waals surface area contributed by atoms with Crippen molar-refractivity contribution < 1.29 is 14.7 Å². The Morgan fingerprint density at radius 2 is 2.19 bits per heavy atom. The number of carboxylic acid groups (broad SMARTS) is 1. The molecule has 0 aromatic heterocycles. The van der Waals surface area contributed by atoms with Crippen molar-refractivity contribution in [3.63, 3.8) is 0 Å². The van der Waals surface area contributed by atoms with Crippen molar-refractivity contribution in [2.24, 2.45) is 0 Å². The van der Waals surface area contributed by atoms with Gasteiger partial charge >= 0.3 is 5.97 Å². The fourth-order valence-corrected chi connectivity index (χ4v) is 1.42. The van der Waals surface area contributed by atoms with Gasteiger partial charge in [-0.3, -0.25) is 9.59 Å². The third-order valence-corrected chi connectivity index (χ3v) is 2.18. The van der Waals surface area contributed by atoms with Crippen LogP contribution in [-0.2, 0) is 9.59 Å². The van der Waals surface area contributed by atoms with Crippen LogP contribution in [0.2, 0.25) is 0 Å². The van der Waals surface area contributed by atoms with Gasteiger partial charge in [0.15, 0.2) is 0 Å². The zero-order chi connectivity index (χ0) is 12.0. The molecule has 0 heterocycles. The van der Waals surface area contributed by atoms with Crippen LogP contribution in [-0.4, -0.2) is 23.5 Å². The first-order valence-corrected chi connectivity index (χ1v) is 5.30. The summed E-state index contributed by atoms with van der Waals surface area (Å²) in [7, 11) is 0. The Morgan fingerprint density at radius 1 is 1.44 bits per heavy atom. The Kier molecular flexibility index (Phi) is 4.72. The van der Waals surface area contributed by atoms with Crippen LogP contribution in [0, 0.1) is 0 Å². The molecule has 0 unspecified atom stereocenters. The van der Waals surface area contributed by atoms with Crippen molar-refractivity contribution in [2.45, 2.75) is 0 Å². The number of hydrogen-bond acceptors (Lipinski definition) is 2. The predicted octanol–water partition coefficient (Wildman–Crippen LogP) is 1.66. The molecule has 84 valence electrons. The summed E-state index contributed by atoms with van der Waals surface area (Å²) in [5.41, 5.74) is 0.861. The molecule has 0 saturated carbocycles. The Bertz CT molecular complexity index is 429. The highest BCUT2D eigenvalue weighted by atomic mass is 79.9. The maximum absolute atomic E-state index is 11.1. The van der Waals surface area contributed by atoms with Crippen LogP contribution in [0.3, 0.4) is 0 Å². The quantitative estimate of drug-likeness (QED) is 0.826. The first kappa shape index (κ1) is 12.4. The van der Waals surface area contributed by atoms with Crippen molar-refractivity contribution in [3.8, 4) is 0 Å². The van der Waals surface area contributed by atoms with E-state index in [1.165, 1.54) is 6.08 Å². The van der Waals surface area contributed by atoms with E-state index in [0.717, 1.165) is 10.0 Å². The summed E-state index contributed by atoms with van der Waals surface area (Å²) >= 11 is 3.31. The van der Waals surface area contributed by atoms with Crippen LogP contribution in [0.25, 0.3) is 6.08 Å². The summed E-state index contributed by atoms with van der Waals surface area (Å²) in [6.45, 7) is -0.373. The maximum Gasteiger partial charge on any atom is 0.322 e. The topological polar surface area (TPSA) is 66.4 Å². The minimum Gasteiger partial charge on any atom is -0.480 e. The molecule has 0 spiro atoms. The summed E-state index contributed by atoms with van der Waals surface area (Å²) in [5, 5.41) is 10.6. The van der Waals surface area contributed by atoms with E-state index in [1.54, 1.807) is 6.08 Å². The van der Waals surface area contributed by atoms with Crippen molar-refractivity contribution in [3.05, 3.63) is 40.4 Å². The second kappa shape index (κ2) is 6.07. The molecule has 5 heteroatoms. The molecule has 0 aliphatic rings. The first-order chi connectivity index (χ1) is 7.58. The Labute approximate surface area is 101 Å². The van der Waals surface area contributed by atoms with E-state index < -0.39 is 11.9 Å². The van der Waals surface area contributed by atoms with Crippen LogP contribution in [0.4, 0.5) is 0 Å². The lowest BCUT2D eigenvalue weighted by atomic mass is 10.2. The normalized spacial score (nSPS) is 10.3. The molecule has 2 N–H and O–H groups in total. The number of hydrogen-bond donors (Lipinski definition) is 2. The predicted molar refractivity (Wildman–Crippen MR) is 63.8 cm³/mol. The van der Waals surface area contributed by atoms with Gasteiger partial charge in [-0.1, -0.05) is 28.1 Å². The lowest BCUT2D eigenvalue weighted by Gasteiger charge is -1.97. The van der Waals surface area contributed by atoms with Crippen LogP contribution < -0.4 is 5.32 Å². The number of benzene rings is 1. The first-order valence-electron chi connectivity index (χ1n) is 4.51. The third kappa shape index (κ3) is 4.75. The van der Waals surface area contributed by atoms with E-state index in [2.05, 4.69) is 21.2 Å². The van der Waals surface area contributed by atoms with Crippen molar-refractivity contribution in [2.75, 3.05) is 6.54 Å². The maximum atomic E-state index is 11.1. The van der Waals surface area contributed by atoms with E-state index in [1.807, 2.05) is 24.3 Å². The molecule has 0 bridgehead atoms. The van der Waals surface area contributed by atoms with E-state index in [9.17, 15) is 9.59 Å². The highest BCUT2D eigenvalue weighted by Gasteiger charge is 1.98. The number of amides is 1. The van der Waals surface area contributed by atoms with Gasteiger partial charge in [-0.2, -0.15) is 0 Å². The van der Waals surface area contributed by atoms with E-state index in [4.69, 9.17) is 5.11 Å². The van der Waals surface area contributed by atoms with Crippen LogP contribution in [0.1, 0.15) is 5.56 Å². The van der Waals surface area contributed by atoms with Crippen LogP contribution in [0.5, 0.6) is 0 Å². The SMILES string of the molecule is O=C(O)CNC(=O)/C=C/c1cccc(Br)c1. The zero-order valence-corrected chi connectivity index (χ0v) is 9.90. The second-order valence-electron chi connectivity index (χ2n) is 3.00. The average Bonchev–Trinajstić information content (AvgIpc) is 2.23. The molecule has 0 saturated heterocycles. The number of aliphatic carboxylic acids is 1. The van der Waals surface area contributed by atoms with E-state index >= 15 is 0 Å².